The summed E-state index contributed by atoms with van der Waals surface area (Å²) in [5.74, 6) is 0.705. The molecule has 0 spiro atoms. The molecule has 2 unspecified atom stereocenters. The van der Waals surface area contributed by atoms with E-state index in [-0.39, 0.29) is 25.2 Å². The van der Waals surface area contributed by atoms with Crippen molar-refractivity contribution in [2.75, 3.05) is 13.2 Å². The summed E-state index contributed by atoms with van der Waals surface area (Å²) in [5.41, 5.74) is 3.17. The lowest BCUT2D eigenvalue weighted by Gasteiger charge is -2.23. The predicted molar refractivity (Wildman–Crippen MR) is 216 cm³/mol. The number of hydrogen-bond donors (Lipinski definition) is 0. The first-order valence-electron chi connectivity index (χ1n) is 18.1. The monoisotopic (exact) mass is 710 g/mol. The molecule has 0 N–H and O–H groups in total. The van der Waals surface area contributed by atoms with E-state index in [1.165, 1.54) is 0 Å². The molecule has 0 bridgehead atoms. The topological polar surface area (TPSA) is 71.1 Å². The molecule has 0 aromatic heterocycles. The maximum absolute atomic E-state index is 12.8. The highest BCUT2D eigenvalue weighted by molar-refractivity contribution is 6.26. The molecule has 0 saturated carbocycles. The Morgan fingerprint density at radius 1 is 0.389 bits per heavy atom. The molecule has 8 rings (SSSR count). The Morgan fingerprint density at radius 2 is 0.648 bits per heavy atom. The van der Waals surface area contributed by atoms with Crippen molar-refractivity contribution in [2.45, 2.75) is 26.1 Å². The molecule has 6 heteroatoms. The molecule has 0 fully saturated rings. The van der Waals surface area contributed by atoms with Gasteiger partial charge in [0.2, 0.25) is 0 Å². The van der Waals surface area contributed by atoms with Crippen LogP contribution in [0.25, 0.3) is 54.2 Å². The average Bonchev–Trinajstić information content (AvgIpc) is 3.22. The number of hydrogen-bond acceptors (Lipinski definition) is 6. The van der Waals surface area contributed by atoms with Crippen LogP contribution in [0.5, 0.6) is 11.5 Å². The van der Waals surface area contributed by atoms with Gasteiger partial charge in [0.05, 0.1) is 11.1 Å². The van der Waals surface area contributed by atoms with Crippen LogP contribution in [0.3, 0.4) is 0 Å². The predicted octanol–water partition coefficient (Wildman–Crippen LogP) is 11.2. The molecule has 2 atom stereocenters. The van der Waals surface area contributed by atoms with Crippen molar-refractivity contribution in [3.63, 3.8) is 0 Å². The van der Waals surface area contributed by atoms with E-state index in [0.29, 0.717) is 11.1 Å². The molecule has 266 valence electrons. The molecule has 0 aliphatic rings. The third kappa shape index (κ3) is 6.70. The number of ether oxygens (including phenoxy) is 4. The summed E-state index contributed by atoms with van der Waals surface area (Å²) >= 11 is 0. The lowest BCUT2D eigenvalue weighted by molar-refractivity contribution is 0.0224. The number of rotatable bonds is 11. The molecular formula is C48H38O6. The van der Waals surface area contributed by atoms with E-state index in [4.69, 9.17) is 18.9 Å². The highest BCUT2D eigenvalue weighted by Gasteiger charge is 2.23. The zero-order chi connectivity index (χ0) is 37.0. The van der Waals surface area contributed by atoms with Gasteiger partial charge in [-0.15, -0.1) is 0 Å². The van der Waals surface area contributed by atoms with Gasteiger partial charge in [0.25, 0.3) is 0 Å². The third-order valence-corrected chi connectivity index (χ3v) is 9.57. The largest absolute Gasteiger partial charge is 0.488 e. The van der Waals surface area contributed by atoms with E-state index in [9.17, 15) is 9.59 Å². The molecule has 0 amide bonds. The highest BCUT2D eigenvalue weighted by atomic mass is 16.6. The summed E-state index contributed by atoms with van der Waals surface area (Å²) in [6.45, 7) is 4.05. The Labute approximate surface area is 313 Å². The number of fused-ring (bicyclic) bond motifs is 4. The van der Waals surface area contributed by atoms with Gasteiger partial charge in [0, 0.05) is 21.5 Å². The lowest BCUT2D eigenvalue weighted by Crippen LogP contribution is -2.22. The van der Waals surface area contributed by atoms with E-state index in [0.717, 1.165) is 65.7 Å². The van der Waals surface area contributed by atoms with E-state index < -0.39 is 12.2 Å². The minimum Gasteiger partial charge on any atom is -0.488 e. The second kappa shape index (κ2) is 15.1. The zero-order valence-corrected chi connectivity index (χ0v) is 30.0. The van der Waals surface area contributed by atoms with E-state index in [1.54, 1.807) is 24.3 Å². The van der Waals surface area contributed by atoms with Gasteiger partial charge in [0.15, 0.2) is 0 Å². The van der Waals surface area contributed by atoms with Crippen molar-refractivity contribution >= 4 is 55.0 Å². The minimum atomic E-state index is -0.486. The van der Waals surface area contributed by atoms with E-state index in [1.807, 2.05) is 74.5 Å². The van der Waals surface area contributed by atoms with Gasteiger partial charge in [0.1, 0.15) is 36.9 Å². The molecule has 0 saturated heterocycles. The third-order valence-electron chi connectivity index (χ3n) is 9.57. The average molecular weight is 711 g/mol. The Balaban J connectivity index is 1.20. The summed E-state index contributed by atoms with van der Waals surface area (Å²) in [5, 5.41) is 7.95. The summed E-state index contributed by atoms with van der Waals surface area (Å²) in [4.78, 5) is 25.6. The fourth-order valence-corrected chi connectivity index (χ4v) is 7.15. The highest BCUT2D eigenvalue weighted by Crippen LogP contribution is 2.49. The maximum atomic E-state index is 12.8. The van der Waals surface area contributed by atoms with Gasteiger partial charge in [-0.3, -0.25) is 0 Å². The van der Waals surface area contributed by atoms with Crippen molar-refractivity contribution in [2.24, 2.45) is 0 Å². The fraction of sp³-hybridized carbons (Fsp3) is 0.125. The molecule has 8 aromatic carbocycles. The van der Waals surface area contributed by atoms with Crippen LogP contribution in [-0.2, 0) is 9.47 Å². The lowest BCUT2D eigenvalue weighted by atomic mass is 9.85. The molecular weight excluding hydrogens is 673 g/mol. The van der Waals surface area contributed by atoms with Crippen molar-refractivity contribution < 1.29 is 28.5 Å². The van der Waals surface area contributed by atoms with Gasteiger partial charge in [-0.05, 0) is 70.8 Å². The molecule has 54 heavy (non-hydrogen) atoms. The second-order valence-corrected chi connectivity index (χ2v) is 13.4. The molecule has 0 radical (unpaired) electrons. The standard InChI is InChI=1S/C48H38O6/c1-31(53-47(49)33-17-5-3-6-18-33)29-51-45-39-25-13-9-21-35(39)43(36-22-10-14-26-40(36)45)44-37-23-11-15-27-41(37)46(42-28-16-12-24-38(42)44)52-30-32(2)54-48(50)34-19-7-4-8-20-34/h3-28,31-32H,29-30H2,1-2H3. The van der Waals surface area contributed by atoms with Crippen LogP contribution in [0.2, 0.25) is 0 Å². The van der Waals surface area contributed by atoms with Gasteiger partial charge < -0.3 is 18.9 Å². The Morgan fingerprint density at radius 3 is 0.944 bits per heavy atom. The number of esters is 2. The molecule has 0 aliphatic heterocycles. The first-order valence-corrected chi connectivity index (χ1v) is 18.1. The van der Waals surface area contributed by atoms with Crippen LogP contribution >= 0.6 is 0 Å². The number of benzene rings is 8. The van der Waals surface area contributed by atoms with Crippen LogP contribution in [0, 0.1) is 0 Å². The molecule has 8 aromatic rings. The van der Waals surface area contributed by atoms with Crippen molar-refractivity contribution in [1.82, 2.24) is 0 Å². The van der Waals surface area contributed by atoms with Gasteiger partial charge in [-0.2, -0.15) is 0 Å². The first-order chi connectivity index (χ1) is 26.5. The van der Waals surface area contributed by atoms with Gasteiger partial charge >= 0.3 is 11.9 Å². The normalized spacial score (nSPS) is 12.4. The summed E-state index contributed by atoms with van der Waals surface area (Å²) in [6.07, 6.45) is -0.972. The quantitative estimate of drug-likeness (QED) is 0.0983. The Kier molecular flexibility index (Phi) is 9.65. The van der Waals surface area contributed by atoms with Crippen LogP contribution in [0.1, 0.15) is 34.6 Å². The van der Waals surface area contributed by atoms with Crippen molar-refractivity contribution in [1.29, 1.82) is 0 Å². The number of carbonyl (C=O) groups excluding carboxylic acids is 2. The molecule has 0 heterocycles. The number of carbonyl (C=O) groups is 2. The smallest absolute Gasteiger partial charge is 0.338 e. The Hall–Kier alpha value is -6.66. The summed E-state index contributed by atoms with van der Waals surface area (Å²) < 4.78 is 24.7. The second-order valence-electron chi connectivity index (χ2n) is 13.4. The Bertz CT molecular complexity index is 2340. The van der Waals surface area contributed by atoms with Crippen molar-refractivity contribution in [3.05, 3.63) is 169 Å². The van der Waals surface area contributed by atoms with E-state index in [2.05, 4.69) is 72.8 Å². The molecule has 0 aliphatic carbocycles. The summed E-state index contributed by atoms with van der Waals surface area (Å²) in [6, 6.07) is 51.1. The zero-order valence-electron chi connectivity index (χ0n) is 30.0. The summed E-state index contributed by atoms with van der Waals surface area (Å²) in [7, 11) is 0. The van der Waals surface area contributed by atoms with Crippen LogP contribution in [0.15, 0.2) is 158 Å². The van der Waals surface area contributed by atoms with Crippen LogP contribution in [-0.4, -0.2) is 37.4 Å². The van der Waals surface area contributed by atoms with Gasteiger partial charge in [-0.25, -0.2) is 9.59 Å². The maximum Gasteiger partial charge on any atom is 0.338 e. The molecule has 6 nitrogen and oxygen atoms in total. The van der Waals surface area contributed by atoms with Crippen LogP contribution in [0.4, 0.5) is 0 Å². The van der Waals surface area contributed by atoms with Gasteiger partial charge in [-0.1, -0.05) is 133 Å². The minimum absolute atomic E-state index is 0.183. The SMILES string of the molecule is CC(COc1c2ccccc2c(-c2c3ccccc3c(OCC(C)OC(=O)c3ccccc3)c3ccccc23)c2ccccc12)OC(=O)c1ccccc1. The van der Waals surface area contributed by atoms with E-state index >= 15 is 0 Å². The first kappa shape index (κ1) is 34.4. The fourth-order valence-electron chi connectivity index (χ4n) is 7.15. The van der Waals surface area contributed by atoms with Crippen LogP contribution < -0.4 is 9.47 Å². The van der Waals surface area contributed by atoms with Crippen molar-refractivity contribution in [3.8, 4) is 22.6 Å².